The largest absolute Gasteiger partial charge is 0.324 e. The monoisotopic (exact) mass is 592 g/mol. The van der Waals surface area contributed by atoms with Gasteiger partial charge in [0.15, 0.2) is 0 Å². The molecule has 0 aliphatic carbocycles. The van der Waals surface area contributed by atoms with Gasteiger partial charge in [0.05, 0.1) is 11.4 Å². The number of aryl methyl sites for hydroxylation is 2. The Morgan fingerprint density at radius 3 is 2.00 bits per heavy atom. The second kappa shape index (κ2) is 11.4. The van der Waals surface area contributed by atoms with Gasteiger partial charge < -0.3 is 5.32 Å². The predicted octanol–water partition coefficient (Wildman–Crippen LogP) is 6.17. The first-order chi connectivity index (χ1) is 15.7. The van der Waals surface area contributed by atoms with Gasteiger partial charge in [-0.1, -0.05) is 76.0 Å². The van der Waals surface area contributed by atoms with Gasteiger partial charge in [-0.2, -0.15) is 4.31 Å². The number of hydrogen-bond donors (Lipinski definition) is 1. The molecule has 0 spiro atoms. The van der Waals surface area contributed by atoms with Gasteiger partial charge in [-0.05, 0) is 65.9 Å². The summed E-state index contributed by atoms with van der Waals surface area (Å²) in [6, 6.07) is 19.5. The van der Waals surface area contributed by atoms with E-state index in [-0.39, 0.29) is 23.9 Å². The lowest BCUT2D eigenvalue weighted by molar-refractivity contribution is -0.116. The van der Waals surface area contributed by atoms with Crippen molar-refractivity contribution in [2.45, 2.75) is 38.1 Å². The molecule has 0 unspecified atom stereocenters. The Morgan fingerprint density at radius 1 is 0.879 bits per heavy atom. The first kappa shape index (κ1) is 25.6. The molecule has 3 aromatic carbocycles. The lowest BCUT2D eigenvalue weighted by Crippen LogP contribution is -2.37. The fourth-order valence-corrected chi connectivity index (χ4v) is 5.77. The van der Waals surface area contributed by atoms with Crippen LogP contribution in [0, 0.1) is 0 Å². The number of carbonyl (C=O) groups excluding carboxylic acids is 1. The molecule has 8 heteroatoms. The fourth-order valence-electron chi connectivity index (χ4n) is 3.54. The molecule has 0 saturated heterocycles. The topological polar surface area (TPSA) is 66.5 Å². The second-order valence-electron chi connectivity index (χ2n) is 7.57. The number of nitrogens with one attached hydrogen (secondary N) is 1. The number of rotatable bonds is 9. The smallest absolute Gasteiger partial charge is 0.243 e. The Morgan fingerprint density at radius 2 is 1.45 bits per heavy atom. The van der Waals surface area contributed by atoms with Crippen LogP contribution in [0.25, 0.3) is 0 Å². The van der Waals surface area contributed by atoms with Crippen LogP contribution in [-0.2, 0) is 34.2 Å². The van der Waals surface area contributed by atoms with Crippen LogP contribution in [0.3, 0.4) is 0 Å². The van der Waals surface area contributed by atoms with Crippen molar-refractivity contribution in [1.29, 1.82) is 0 Å². The Bertz CT molecular complexity index is 1190. The van der Waals surface area contributed by atoms with Gasteiger partial charge in [-0.3, -0.25) is 4.79 Å². The van der Waals surface area contributed by atoms with Crippen LogP contribution >= 0.6 is 31.9 Å². The zero-order valence-electron chi connectivity index (χ0n) is 18.5. The molecule has 5 nitrogen and oxygen atoms in total. The van der Waals surface area contributed by atoms with Crippen molar-refractivity contribution < 1.29 is 13.2 Å². The van der Waals surface area contributed by atoms with Gasteiger partial charge in [-0.25, -0.2) is 8.42 Å². The van der Waals surface area contributed by atoms with Crippen LogP contribution < -0.4 is 5.32 Å². The normalized spacial score (nSPS) is 11.5. The lowest BCUT2D eigenvalue weighted by atomic mass is 10.0. The van der Waals surface area contributed by atoms with Crippen LogP contribution in [0.1, 0.15) is 30.5 Å². The molecule has 3 aromatic rings. The Labute approximate surface area is 212 Å². The van der Waals surface area contributed by atoms with E-state index in [1.165, 1.54) is 4.31 Å². The molecule has 0 atom stereocenters. The third-order valence-electron chi connectivity index (χ3n) is 5.27. The van der Waals surface area contributed by atoms with E-state index in [4.69, 9.17) is 0 Å². The van der Waals surface area contributed by atoms with E-state index in [0.29, 0.717) is 0 Å². The summed E-state index contributed by atoms with van der Waals surface area (Å²) in [4.78, 5) is 13.3. The highest BCUT2D eigenvalue weighted by Gasteiger charge is 2.27. The van der Waals surface area contributed by atoms with Crippen molar-refractivity contribution in [3.8, 4) is 0 Å². The molecule has 0 radical (unpaired) electrons. The van der Waals surface area contributed by atoms with Gasteiger partial charge in [0.1, 0.15) is 0 Å². The molecule has 0 aliphatic rings. The highest BCUT2D eigenvalue weighted by Crippen LogP contribution is 2.28. The van der Waals surface area contributed by atoms with Gasteiger partial charge in [-0.15, -0.1) is 0 Å². The highest BCUT2D eigenvalue weighted by atomic mass is 79.9. The number of halogens is 2. The number of amides is 1. The zero-order chi connectivity index (χ0) is 24.0. The third-order valence-corrected chi connectivity index (χ3v) is 8.06. The van der Waals surface area contributed by atoms with Crippen LogP contribution in [0.5, 0.6) is 0 Å². The number of sulfonamides is 1. The summed E-state index contributed by atoms with van der Waals surface area (Å²) in [7, 11) is -3.88. The molecule has 0 aromatic heterocycles. The predicted molar refractivity (Wildman–Crippen MR) is 140 cm³/mol. The number of benzene rings is 3. The maximum atomic E-state index is 13.4. The number of carbonyl (C=O) groups is 1. The summed E-state index contributed by atoms with van der Waals surface area (Å²) in [5.74, 6) is -0.377. The molecule has 174 valence electrons. The maximum absolute atomic E-state index is 13.4. The average Bonchev–Trinajstić information content (AvgIpc) is 2.81. The molecule has 0 saturated carbocycles. The molecule has 1 N–H and O–H groups in total. The van der Waals surface area contributed by atoms with Crippen molar-refractivity contribution in [1.82, 2.24) is 4.31 Å². The van der Waals surface area contributed by atoms with Gasteiger partial charge >= 0.3 is 0 Å². The quantitative estimate of drug-likeness (QED) is 0.323. The van der Waals surface area contributed by atoms with Crippen LogP contribution in [0.4, 0.5) is 5.69 Å². The van der Waals surface area contributed by atoms with E-state index >= 15 is 0 Å². The minimum Gasteiger partial charge on any atom is -0.324 e. The van der Waals surface area contributed by atoms with E-state index in [0.717, 1.165) is 44.2 Å². The standard InChI is InChI=1S/C25H26Br2N2O3S/c1-3-19-14-22(27)15-20(4-2)25(19)28-24(30)17-29(16-18-10-12-21(26)13-11-18)33(31,32)23-8-6-5-7-9-23/h5-15H,3-4,16-17H2,1-2H3,(H,28,30). The molecule has 0 bridgehead atoms. The Kier molecular flexibility index (Phi) is 8.87. The first-order valence-electron chi connectivity index (χ1n) is 10.6. The number of hydrogen-bond acceptors (Lipinski definition) is 3. The van der Waals surface area contributed by atoms with E-state index in [1.807, 2.05) is 50.2 Å². The van der Waals surface area contributed by atoms with E-state index in [1.54, 1.807) is 30.3 Å². The molecule has 1 amide bonds. The lowest BCUT2D eigenvalue weighted by Gasteiger charge is -2.23. The average molecular weight is 594 g/mol. The Balaban J connectivity index is 1.92. The van der Waals surface area contributed by atoms with E-state index in [2.05, 4.69) is 37.2 Å². The minimum absolute atomic E-state index is 0.0829. The molecule has 0 fully saturated rings. The summed E-state index contributed by atoms with van der Waals surface area (Å²) >= 11 is 6.92. The number of nitrogens with zero attached hydrogens (tertiary/aromatic N) is 1. The number of anilines is 1. The zero-order valence-corrected chi connectivity index (χ0v) is 22.5. The fraction of sp³-hybridized carbons (Fsp3) is 0.240. The van der Waals surface area contributed by atoms with Crippen LogP contribution in [0.2, 0.25) is 0 Å². The van der Waals surface area contributed by atoms with Gasteiger partial charge in [0, 0.05) is 21.2 Å². The van der Waals surface area contributed by atoms with Crippen molar-refractivity contribution in [3.05, 3.63) is 92.4 Å². The molecule has 0 aliphatic heterocycles. The molecule has 33 heavy (non-hydrogen) atoms. The molecular formula is C25H26Br2N2O3S. The van der Waals surface area contributed by atoms with Crippen molar-refractivity contribution >= 4 is 53.5 Å². The Hall–Kier alpha value is -2.00. The summed E-state index contributed by atoms with van der Waals surface area (Å²) < 4.78 is 29.9. The minimum atomic E-state index is -3.88. The van der Waals surface area contributed by atoms with Crippen LogP contribution in [-0.4, -0.2) is 25.2 Å². The summed E-state index contributed by atoms with van der Waals surface area (Å²) in [6.45, 7) is 3.84. The second-order valence-corrected chi connectivity index (χ2v) is 11.3. The first-order valence-corrected chi connectivity index (χ1v) is 13.7. The summed E-state index contributed by atoms with van der Waals surface area (Å²) in [6.07, 6.45) is 1.49. The summed E-state index contributed by atoms with van der Waals surface area (Å²) in [5.41, 5.74) is 3.55. The van der Waals surface area contributed by atoms with Crippen molar-refractivity contribution in [2.75, 3.05) is 11.9 Å². The SMILES string of the molecule is CCc1cc(Br)cc(CC)c1NC(=O)CN(Cc1ccc(Br)cc1)S(=O)(=O)c1ccccc1. The molecular weight excluding hydrogens is 568 g/mol. The van der Waals surface area contributed by atoms with Crippen LogP contribution in [0.15, 0.2) is 80.6 Å². The summed E-state index contributed by atoms with van der Waals surface area (Å²) in [5, 5.41) is 2.98. The third kappa shape index (κ3) is 6.53. The van der Waals surface area contributed by atoms with Crippen molar-refractivity contribution in [3.63, 3.8) is 0 Å². The molecule has 3 rings (SSSR count). The van der Waals surface area contributed by atoms with E-state index in [9.17, 15) is 13.2 Å². The van der Waals surface area contributed by atoms with Gasteiger partial charge in [0.25, 0.3) is 0 Å². The molecule has 0 heterocycles. The van der Waals surface area contributed by atoms with Gasteiger partial charge in [0.2, 0.25) is 15.9 Å². The van der Waals surface area contributed by atoms with E-state index < -0.39 is 10.0 Å². The highest BCUT2D eigenvalue weighted by molar-refractivity contribution is 9.10. The van der Waals surface area contributed by atoms with Crippen molar-refractivity contribution in [2.24, 2.45) is 0 Å². The maximum Gasteiger partial charge on any atom is 0.243 e.